The van der Waals surface area contributed by atoms with Gasteiger partial charge in [-0.25, -0.2) is 0 Å². The molecule has 0 radical (unpaired) electrons. The molecule has 0 aromatic heterocycles. The number of hydrogen-bond acceptors (Lipinski definition) is 0. The Kier molecular flexibility index (Phi) is 4.48. The normalized spacial score (nSPS) is 18.8. The first-order valence-corrected chi connectivity index (χ1v) is 7.78. The maximum Gasteiger partial charge on any atom is -0.0247 e. The Bertz CT molecular complexity index is 415. The molecule has 0 spiro atoms. The highest BCUT2D eigenvalue weighted by atomic mass is 14.3. The lowest BCUT2D eigenvalue weighted by molar-refractivity contribution is 0.421. The van der Waals surface area contributed by atoms with Crippen LogP contribution in [-0.4, -0.2) is 0 Å². The van der Waals surface area contributed by atoms with Gasteiger partial charge in [0.1, 0.15) is 0 Å². The van der Waals surface area contributed by atoms with E-state index in [0.717, 1.165) is 5.92 Å². The second-order valence-electron chi connectivity index (χ2n) is 6.08. The molecular weight excluding hydrogens is 216 g/mol. The topological polar surface area (TPSA) is 0 Å². The highest BCUT2D eigenvalue weighted by molar-refractivity contribution is 5.46. The van der Waals surface area contributed by atoms with Gasteiger partial charge in [-0.3, -0.25) is 0 Å². The fourth-order valence-corrected chi connectivity index (χ4v) is 3.74. The summed E-state index contributed by atoms with van der Waals surface area (Å²) in [5, 5.41) is 0. The second-order valence-corrected chi connectivity index (χ2v) is 6.08. The van der Waals surface area contributed by atoms with E-state index < -0.39 is 0 Å². The van der Waals surface area contributed by atoms with Gasteiger partial charge in [-0.1, -0.05) is 39.2 Å². The van der Waals surface area contributed by atoms with E-state index in [1.54, 1.807) is 22.3 Å². The van der Waals surface area contributed by atoms with E-state index >= 15 is 0 Å². The largest absolute Gasteiger partial charge is 0.0654 e. The van der Waals surface area contributed by atoms with Gasteiger partial charge in [0.15, 0.2) is 0 Å². The van der Waals surface area contributed by atoms with Crippen LogP contribution < -0.4 is 0 Å². The van der Waals surface area contributed by atoms with E-state index in [-0.39, 0.29) is 0 Å². The van der Waals surface area contributed by atoms with Crippen LogP contribution in [0.15, 0.2) is 6.07 Å². The minimum Gasteiger partial charge on any atom is -0.0654 e. The van der Waals surface area contributed by atoms with Crippen molar-refractivity contribution in [3.63, 3.8) is 0 Å². The predicted octanol–water partition coefficient (Wildman–Crippen LogP) is 5.16. The molecule has 18 heavy (non-hydrogen) atoms. The Balaban J connectivity index is 2.31. The maximum atomic E-state index is 2.50. The third kappa shape index (κ3) is 2.63. The number of rotatable bonds is 4. The van der Waals surface area contributed by atoms with Gasteiger partial charge < -0.3 is 0 Å². The summed E-state index contributed by atoms with van der Waals surface area (Å²) in [5.74, 6) is 0.943. The van der Waals surface area contributed by atoms with Crippen molar-refractivity contribution >= 4 is 0 Å². The summed E-state index contributed by atoms with van der Waals surface area (Å²) in [5.41, 5.74) is 8.13. The molecule has 1 atom stereocenters. The zero-order chi connectivity index (χ0) is 13.1. The lowest BCUT2D eigenvalue weighted by Crippen LogP contribution is -2.16. The molecule has 1 aliphatic carbocycles. The van der Waals surface area contributed by atoms with Gasteiger partial charge in [-0.15, -0.1) is 0 Å². The molecule has 100 valence electrons. The SMILES string of the molecule is CCCc1c(C)cc2c(c1C)CCC(CCC)C2. The first kappa shape index (κ1) is 13.6. The van der Waals surface area contributed by atoms with Crippen LogP contribution in [0.4, 0.5) is 0 Å². The highest BCUT2D eigenvalue weighted by Gasteiger charge is 2.21. The van der Waals surface area contributed by atoms with Crippen molar-refractivity contribution < 1.29 is 0 Å². The smallest absolute Gasteiger partial charge is 0.0247 e. The fraction of sp³-hybridized carbons (Fsp3) is 0.667. The molecule has 0 saturated carbocycles. The summed E-state index contributed by atoms with van der Waals surface area (Å²) >= 11 is 0. The third-order valence-corrected chi connectivity index (χ3v) is 4.67. The average Bonchev–Trinajstić information content (AvgIpc) is 2.34. The zero-order valence-electron chi connectivity index (χ0n) is 12.6. The molecular formula is C18H28. The van der Waals surface area contributed by atoms with Crippen LogP contribution in [0.2, 0.25) is 0 Å². The average molecular weight is 244 g/mol. The van der Waals surface area contributed by atoms with Gasteiger partial charge in [0.05, 0.1) is 0 Å². The third-order valence-electron chi connectivity index (χ3n) is 4.67. The molecule has 1 aliphatic rings. The number of fused-ring (bicyclic) bond motifs is 1. The Hall–Kier alpha value is -0.780. The summed E-state index contributed by atoms with van der Waals surface area (Å²) in [6.45, 7) is 9.27. The van der Waals surface area contributed by atoms with Gasteiger partial charge in [0.2, 0.25) is 0 Å². The molecule has 0 heteroatoms. The number of benzene rings is 1. The van der Waals surface area contributed by atoms with Crippen LogP contribution in [0.25, 0.3) is 0 Å². The molecule has 0 saturated heterocycles. The number of aryl methyl sites for hydroxylation is 1. The van der Waals surface area contributed by atoms with Crippen LogP contribution in [0.3, 0.4) is 0 Å². The first-order chi connectivity index (χ1) is 8.67. The monoisotopic (exact) mass is 244 g/mol. The first-order valence-electron chi connectivity index (χ1n) is 7.78. The van der Waals surface area contributed by atoms with Crippen molar-refractivity contribution in [3.8, 4) is 0 Å². The summed E-state index contributed by atoms with van der Waals surface area (Å²) in [6.07, 6.45) is 9.33. The van der Waals surface area contributed by atoms with Gasteiger partial charge in [-0.05, 0) is 73.3 Å². The van der Waals surface area contributed by atoms with E-state index in [4.69, 9.17) is 0 Å². The summed E-state index contributed by atoms with van der Waals surface area (Å²) in [4.78, 5) is 0. The van der Waals surface area contributed by atoms with Crippen LogP contribution in [0.1, 0.15) is 67.3 Å². The van der Waals surface area contributed by atoms with Crippen molar-refractivity contribution in [2.75, 3.05) is 0 Å². The van der Waals surface area contributed by atoms with Gasteiger partial charge in [-0.2, -0.15) is 0 Å². The predicted molar refractivity (Wildman–Crippen MR) is 80.3 cm³/mol. The van der Waals surface area contributed by atoms with E-state index in [2.05, 4.69) is 33.8 Å². The van der Waals surface area contributed by atoms with Crippen molar-refractivity contribution in [2.24, 2.45) is 5.92 Å². The Morgan fingerprint density at radius 2 is 1.94 bits per heavy atom. The zero-order valence-corrected chi connectivity index (χ0v) is 12.6. The molecule has 0 amide bonds. The van der Waals surface area contributed by atoms with E-state index in [0.29, 0.717) is 0 Å². The Labute approximate surface area is 113 Å². The molecule has 1 unspecified atom stereocenters. The number of hydrogen-bond donors (Lipinski definition) is 0. The minimum absolute atomic E-state index is 0.943. The van der Waals surface area contributed by atoms with Crippen molar-refractivity contribution in [2.45, 2.75) is 72.6 Å². The van der Waals surface area contributed by atoms with Crippen LogP contribution >= 0.6 is 0 Å². The summed E-state index contributed by atoms with van der Waals surface area (Å²) in [7, 11) is 0. The van der Waals surface area contributed by atoms with Crippen molar-refractivity contribution in [1.29, 1.82) is 0 Å². The molecule has 1 aromatic rings. The maximum absolute atomic E-state index is 2.50. The lowest BCUT2D eigenvalue weighted by atomic mass is 9.77. The van der Waals surface area contributed by atoms with Gasteiger partial charge in [0, 0.05) is 0 Å². The van der Waals surface area contributed by atoms with E-state index in [1.165, 1.54) is 50.5 Å². The molecule has 1 aromatic carbocycles. The quantitative estimate of drug-likeness (QED) is 0.686. The fourth-order valence-electron chi connectivity index (χ4n) is 3.74. The molecule has 2 rings (SSSR count). The molecule has 0 heterocycles. The molecule has 0 aliphatic heterocycles. The van der Waals surface area contributed by atoms with Crippen LogP contribution in [-0.2, 0) is 19.3 Å². The summed E-state index contributed by atoms with van der Waals surface area (Å²) < 4.78 is 0. The summed E-state index contributed by atoms with van der Waals surface area (Å²) in [6, 6.07) is 2.50. The van der Waals surface area contributed by atoms with Crippen LogP contribution in [0.5, 0.6) is 0 Å². The molecule has 0 bridgehead atoms. The standard InChI is InChI=1S/C18H28/c1-5-7-15-9-10-18-14(4)17(8-6-2)13(3)11-16(18)12-15/h11,15H,5-10,12H2,1-4H3. The minimum atomic E-state index is 0.943. The molecule has 0 fully saturated rings. The van der Waals surface area contributed by atoms with Crippen molar-refractivity contribution in [1.82, 2.24) is 0 Å². The Morgan fingerprint density at radius 1 is 1.17 bits per heavy atom. The highest BCUT2D eigenvalue weighted by Crippen LogP contribution is 2.33. The van der Waals surface area contributed by atoms with Gasteiger partial charge >= 0.3 is 0 Å². The molecule has 0 N–H and O–H groups in total. The van der Waals surface area contributed by atoms with Crippen LogP contribution in [0, 0.1) is 19.8 Å². The van der Waals surface area contributed by atoms with E-state index in [1.807, 2.05) is 0 Å². The van der Waals surface area contributed by atoms with Gasteiger partial charge in [0.25, 0.3) is 0 Å². The lowest BCUT2D eigenvalue weighted by Gasteiger charge is -2.28. The van der Waals surface area contributed by atoms with Crippen molar-refractivity contribution in [3.05, 3.63) is 33.9 Å². The molecule has 0 nitrogen and oxygen atoms in total. The second kappa shape index (κ2) is 5.91. The van der Waals surface area contributed by atoms with E-state index in [9.17, 15) is 0 Å². The Morgan fingerprint density at radius 3 is 2.61 bits per heavy atom.